The highest BCUT2D eigenvalue weighted by molar-refractivity contribution is 6.14. The lowest BCUT2D eigenvalue weighted by Gasteiger charge is -2.09. The zero-order valence-electron chi connectivity index (χ0n) is 15.9. The Hall–Kier alpha value is -2.50. The van der Waals surface area contributed by atoms with E-state index in [2.05, 4.69) is 12.2 Å². The minimum Gasteiger partial charge on any atom is -0.494 e. The van der Waals surface area contributed by atoms with Crippen LogP contribution in [0.3, 0.4) is 0 Å². The number of hydrogen-bond donors (Lipinski definition) is 1. The summed E-state index contributed by atoms with van der Waals surface area (Å²) in [7, 11) is 0. The number of rotatable bonds is 12. The lowest BCUT2D eigenvalue weighted by molar-refractivity contribution is -0.146. The van der Waals surface area contributed by atoms with Crippen LogP contribution in [0.4, 0.5) is 5.69 Å². The Kier molecular flexibility index (Phi) is 10.6. The third kappa shape index (κ3) is 8.05. The minimum absolute atomic E-state index is 0.178. The molecule has 0 aromatic heterocycles. The van der Waals surface area contributed by atoms with Crippen molar-refractivity contribution in [2.75, 3.05) is 25.1 Å². The van der Waals surface area contributed by atoms with Gasteiger partial charge in [0, 0.05) is 18.0 Å². The molecule has 1 aromatic rings. The standard InChI is InChI=1S/C20H29NO5/c1-4-7-8-9-13-26-17-12-10-11-16(14-17)21-15-18(19(22)24-5-2)20(23)25-6-3/h10-12,14-15,21H,4-9,13H2,1-3H3. The molecule has 1 rings (SSSR count). The number of carbonyl (C=O) groups is 2. The Morgan fingerprint density at radius 2 is 1.69 bits per heavy atom. The zero-order chi connectivity index (χ0) is 19.2. The number of hydrogen-bond acceptors (Lipinski definition) is 6. The van der Waals surface area contributed by atoms with Crippen molar-refractivity contribution in [2.45, 2.75) is 46.5 Å². The molecule has 0 aliphatic carbocycles. The Morgan fingerprint density at radius 1 is 1.00 bits per heavy atom. The molecule has 0 aliphatic heterocycles. The van der Waals surface area contributed by atoms with Crippen molar-refractivity contribution in [1.29, 1.82) is 0 Å². The van der Waals surface area contributed by atoms with E-state index in [1.165, 1.54) is 19.0 Å². The maximum absolute atomic E-state index is 11.9. The van der Waals surface area contributed by atoms with E-state index in [0.717, 1.165) is 18.6 Å². The quantitative estimate of drug-likeness (QED) is 0.198. The van der Waals surface area contributed by atoms with Gasteiger partial charge in [0.2, 0.25) is 0 Å². The van der Waals surface area contributed by atoms with Crippen molar-refractivity contribution in [2.24, 2.45) is 0 Å². The second kappa shape index (κ2) is 12.8. The van der Waals surface area contributed by atoms with Crippen molar-refractivity contribution >= 4 is 17.6 Å². The van der Waals surface area contributed by atoms with Gasteiger partial charge < -0.3 is 19.5 Å². The van der Waals surface area contributed by atoms with E-state index in [1.807, 2.05) is 24.3 Å². The first-order valence-corrected chi connectivity index (χ1v) is 9.16. The Morgan fingerprint density at radius 3 is 2.31 bits per heavy atom. The van der Waals surface area contributed by atoms with Crippen LogP contribution in [0, 0.1) is 0 Å². The summed E-state index contributed by atoms with van der Waals surface area (Å²) in [6, 6.07) is 7.33. The van der Waals surface area contributed by atoms with Gasteiger partial charge in [-0.25, -0.2) is 9.59 Å². The molecule has 0 aliphatic rings. The number of anilines is 1. The van der Waals surface area contributed by atoms with Crippen LogP contribution in [0.5, 0.6) is 5.75 Å². The van der Waals surface area contributed by atoms with Crippen LogP contribution in [0.1, 0.15) is 46.5 Å². The Bertz CT molecular complexity index is 578. The second-order valence-electron chi connectivity index (χ2n) is 5.58. The van der Waals surface area contributed by atoms with Gasteiger partial charge in [-0.3, -0.25) is 0 Å². The molecular formula is C20H29NO5. The van der Waals surface area contributed by atoms with Crippen molar-refractivity contribution in [3.8, 4) is 5.75 Å². The molecule has 1 N–H and O–H groups in total. The van der Waals surface area contributed by atoms with Gasteiger partial charge in [-0.15, -0.1) is 0 Å². The topological polar surface area (TPSA) is 73.9 Å². The summed E-state index contributed by atoms with van der Waals surface area (Å²) in [6.45, 7) is 6.54. The number of ether oxygens (including phenoxy) is 3. The molecule has 144 valence electrons. The first-order valence-electron chi connectivity index (χ1n) is 9.16. The van der Waals surface area contributed by atoms with Gasteiger partial charge in [-0.1, -0.05) is 32.3 Å². The summed E-state index contributed by atoms with van der Waals surface area (Å²) < 4.78 is 15.5. The highest BCUT2D eigenvalue weighted by Gasteiger charge is 2.20. The van der Waals surface area contributed by atoms with Gasteiger partial charge in [0.1, 0.15) is 5.75 Å². The highest BCUT2D eigenvalue weighted by atomic mass is 16.6. The van der Waals surface area contributed by atoms with Gasteiger partial charge in [0.25, 0.3) is 0 Å². The van der Waals surface area contributed by atoms with Gasteiger partial charge >= 0.3 is 11.9 Å². The summed E-state index contributed by atoms with van der Waals surface area (Å²) in [5, 5.41) is 2.93. The molecule has 26 heavy (non-hydrogen) atoms. The second-order valence-corrected chi connectivity index (χ2v) is 5.58. The van der Waals surface area contributed by atoms with Crippen LogP contribution < -0.4 is 10.1 Å². The van der Waals surface area contributed by atoms with Crippen molar-refractivity contribution in [3.05, 3.63) is 36.0 Å². The summed E-state index contributed by atoms with van der Waals surface area (Å²) in [5.74, 6) is -0.711. The third-order valence-corrected chi connectivity index (χ3v) is 3.47. The maximum atomic E-state index is 11.9. The number of benzene rings is 1. The minimum atomic E-state index is -0.721. The predicted octanol–water partition coefficient (Wildman–Crippen LogP) is 4.07. The van der Waals surface area contributed by atoms with Crippen LogP contribution in [0.2, 0.25) is 0 Å². The molecule has 1 aromatic carbocycles. The van der Waals surface area contributed by atoms with Gasteiger partial charge in [0.15, 0.2) is 5.57 Å². The molecule has 0 unspecified atom stereocenters. The summed E-state index contributed by atoms with van der Waals surface area (Å²) in [6.07, 6.45) is 5.87. The van der Waals surface area contributed by atoms with Crippen molar-refractivity contribution in [3.63, 3.8) is 0 Å². The molecule has 0 amide bonds. The molecule has 0 spiro atoms. The molecule has 0 saturated heterocycles. The lowest BCUT2D eigenvalue weighted by Crippen LogP contribution is -2.19. The molecule has 0 bridgehead atoms. The summed E-state index contributed by atoms with van der Waals surface area (Å²) >= 11 is 0. The number of esters is 2. The van der Waals surface area contributed by atoms with E-state index < -0.39 is 11.9 Å². The average molecular weight is 363 g/mol. The lowest BCUT2D eigenvalue weighted by atomic mass is 10.2. The van der Waals surface area contributed by atoms with Crippen LogP contribution >= 0.6 is 0 Å². The van der Waals surface area contributed by atoms with Crippen LogP contribution in [0.25, 0.3) is 0 Å². The molecule has 0 heterocycles. The third-order valence-electron chi connectivity index (χ3n) is 3.47. The SMILES string of the molecule is CCCCCCOc1cccc(NC=C(C(=O)OCC)C(=O)OCC)c1. The fourth-order valence-corrected chi connectivity index (χ4v) is 2.17. The molecular weight excluding hydrogens is 334 g/mol. The van der Waals surface area contributed by atoms with Gasteiger partial charge in [-0.2, -0.15) is 0 Å². The van der Waals surface area contributed by atoms with Crippen LogP contribution in [0.15, 0.2) is 36.0 Å². The van der Waals surface area contributed by atoms with E-state index in [-0.39, 0.29) is 18.8 Å². The van der Waals surface area contributed by atoms with E-state index in [9.17, 15) is 9.59 Å². The number of unbranched alkanes of at least 4 members (excludes halogenated alkanes) is 3. The van der Waals surface area contributed by atoms with E-state index in [1.54, 1.807) is 13.8 Å². The molecule has 0 radical (unpaired) electrons. The zero-order valence-corrected chi connectivity index (χ0v) is 15.9. The highest BCUT2D eigenvalue weighted by Crippen LogP contribution is 2.18. The van der Waals surface area contributed by atoms with Crippen LogP contribution in [-0.2, 0) is 19.1 Å². The Labute approximate surface area is 155 Å². The number of nitrogens with one attached hydrogen (secondary N) is 1. The fraction of sp³-hybridized carbons (Fsp3) is 0.500. The predicted molar refractivity (Wildman–Crippen MR) is 101 cm³/mol. The molecule has 6 nitrogen and oxygen atoms in total. The van der Waals surface area contributed by atoms with E-state index >= 15 is 0 Å². The number of carbonyl (C=O) groups excluding carboxylic acids is 2. The van der Waals surface area contributed by atoms with Gasteiger partial charge in [-0.05, 0) is 32.4 Å². The maximum Gasteiger partial charge on any atom is 0.347 e. The molecule has 0 atom stereocenters. The van der Waals surface area contributed by atoms with E-state index in [0.29, 0.717) is 12.3 Å². The summed E-state index contributed by atoms with van der Waals surface area (Å²) in [4.78, 5) is 23.8. The Balaban J connectivity index is 2.71. The molecule has 6 heteroatoms. The first-order chi connectivity index (χ1) is 12.6. The molecule has 0 saturated carbocycles. The van der Waals surface area contributed by atoms with Gasteiger partial charge in [0.05, 0.1) is 19.8 Å². The summed E-state index contributed by atoms with van der Waals surface area (Å²) in [5.41, 5.74) is 0.516. The van der Waals surface area contributed by atoms with Crippen LogP contribution in [-0.4, -0.2) is 31.8 Å². The van der Waals surface area contributed by atoms with E-state index in [4.69, 9.17) is 14.2 Å². The first kappa shape index (κ1) is 21.5. The largest absolute Gasteiger partial charge is 0.494 e. The fourth-order valence-electron chi connectivity index (χ4n) is 2.17. The normalized spacial score (nSPS) is 9.96. The monoisotopic (exact) mass is 363 g/mol. The van der Waals surface area contributed by atoms with Crippen molar-refractivity contribution < 1.29 is 23.8 Å². The average Bonchev–Trinajstić information content (AvgIpc) is 2.62. The smallest absolute Gasteiger partial charge is 0.347 e. The van der Waals surface area contributed by atoms with Crippen molar-refractivity contribution in [1.82, 2.24) is 0 Å². The molecule has 0 fully saturated rings.